The standard InChI is InChI=1S/C24H27N9O/c1-16-11-17(3-4-21(16)34-19-7-10-33-22(12-19)29-15-30-33)31-24(28-14-25)23-20(5-8-27-23)32-9-6-18(13-32)26-2/h3-5,7-8,10-12,14-15,18,26H,6,9,13H2,1-2H3,(H3,25,27,28,31)/p+1. The lowest BCUT2D eigenvalue weighted by molar-refractivity contribution is -0.577. The van der Waals surface area contributed by atoms with E-state index in [4.69, 9.17) is 15.5 Å². The van der Waals surface area contributed by atoms with Gasteiger partial charge in [-0.3, -0.25) is 0 Å². The summed E-state index contributed by atoms with van der Waals surface area (Å²) >= 11 is 0. The van der Waals surface area contributed by atoms with Crippen LogP contribution in [0.15, 0.2) is 65.1 Å². The van der Waals surface area contributed by atoms with Crippen LogP contribution in [0.5, 0.6) is 11.5 Å². The molecule has 0 amide bonds. The van der Waals surface area contributed by atoms with Gasteiger partial charge in [0.2, 0.25) is 6.33 Å². The number of aliphatic imine (C=N–C) groups is 2. The first-order chi connectivity index (χ1) is 16.6. The second-order valence-corrected chi connectivity index (χ2v) is 8.20. The number of nitrogens with zero attached hydrogens (tertiary/aromatic N) is 5. The molecule has 5 rings (SSSR count). The molecule has 4 aromatic rings. The van der Waals surface area contributed by atoms with E-state index in [1.807, 2.05) is 61.2 Å². The Morgan fingerprint density at radius 1 is 1.32 bits per heavy atom. The fraction of sp³-hybridized carbons (Fsp3) is 0.250. The monoisotopic (exact) mass is 458 g/mol. The number of nitrogens with two attached hydrogens (primary N) is 1. The molecule has 1 unspecified atom stereocenters. The third kappa shape index (κ3) is 4.35. The molecule has 34 heavy (non-hydrogen) atoms. The number of hydrogen-bond acceptors (Lipinski definition) is 5. The van der Waals surface area contributed by atoms with E-state index in [1.54, 1.807) is 6.33 Å². The van der Waals surface area contributed by atoms with Gasteiger partial charge in [0, 0.05) is 31.4 Å². The summed E-state index contributed by atoms with van der Waals surface area (Å²) < 4.78 is 7.90. The number of likely N-dealkylation sites (N-methyl/N-ethyl adjacent to an activating group) is 1. The van der Waals surface area contributed by atoms with Crippen LogP contribution in [0.2, 0.25) is 0 Å². The summed E-state index contributed by atoms with van der Waals surface area (Å²) in [5, 5.41) is 6.36. The van der Waals surface area contributed by atoms with Gasteiger partial charge in [0.05, 0.1) is 23.8 Å². The zero-order valence-electron chi connectivity index (χ0n) is 19.2. The number of benzene rings is 1. The lowest BCUT2D eigenvalue weighted by Gasteiger charge is -2.19. The molecule has 1 saturated heterocycles. The lowest BCUT2D eigenvalue weighted by Crippen LogP contribution is -2.30. The van der Waals surface area contributed by atoms with Crippen molar-refractivity contribution in [2.45, 2.75) is 19.4 Å². The van der Waals surface area contributed by atoms with E-state index in [9.17, 15) is 0 Å². The number of pyridine rings is 1. The van der Waals surface area contributed by atoms with Gasteiger partial charge in [0.15, 0.2) is 5.84 Å². The summed E-state index contributed by atoms with van der Waals surface area (Å²) in [5.74, 6) is 1.99. The highest BCUT2D eigenvalue weighted by Gasteiger charge is 2.25. The Morgan fingerprint density at radius 3 is 3.03 bits per heavy atom. The van der Waals surface area contributed by atoms with Gasteiger partial charge in [-0.15, -0.1) is 4.52 Å². The molecular formula is C24H28N9O+. The third-order valence-corrected chi connectivity index (χ3v) is 6.00. The number of rotatable bonds is 6. The van der Waals surface area contributed by atoms with Crippen molar-refractivity contribution >= 4 is 29.2 Å². The van der Waals surface area contributed by atoms with Crippen molar-refractivity contribution in [3.05, 3.63) is 66.4 Å². The smallest absolute Gasteiger partial charge is 0.351 e. The largest absolute Gasteiger partial charge is 0.457 e. The van der Waals surface area contributed by atoms with Crippen molar-refractivity contribution in [2.75, 3.05) is 25.0 Å². The first-order valence-electron chi connectivity index (χ1n) is 11.2. The number of hydrogen-bond donors (Lipinski definition) is 4. The Bertz CT molecular complexity index is 1350. The van der Waals surface area contributed by atoms with Crippen molar-refractivity contribution in [1.29, 1.82) is 0 Å². The molecule has 174 valence electrons. The number of nitrogens with one attached hydrogen (secondary N) is 3. The number of amidine groups is 1. The van der Waals surface area contributed by atoms with Gasteiger partial charge >= 0.3 is 5.65 Å². The summed E-state index contributed by atoms with van der Waals surface area (Å²) in [6, 6.07) is 12.1. The average molecular weight is 459 g/mol. The number of ether oxygens (including phenoxy) is 1. The van der Waals surface area contributed by atoms with Crippen LogP contribution in [-0.4, -0.2) is 53.4 Å². The second-order valence-electron chi connectivity index (χ2n) is 8.20. The van der Waals surface area contributed by atoms with Gasteiger partial charge in [-0.05, 0) is 55.2 Å². The maximum absolute atomic E-state index is 6.09. The summed E-state index contributed by atoms with van der Waals surface area (Å²) in [7, 11) is 2.00. The Morgan fingerprint density at radius 2 is 2.24 bits per heavy atom. The van der Waals surface area contributed by atoms with Crippen LogP contribution in [0.3, 0.4) is 0 Å². The Hall–Kier alpha value is -4.18. The van der Waals surface area contributed by atoms with Gasteiger partial charge in [0.25, 0.3) is 0 Å². The minimum absolute atomic E-state index is 0.476. The second kappa shape index (κ2) is 9.36. The number of fused-ring (bicyclic) bond motifs is 1. The van der Waals surface area contributed by atoms with Crippen molar-refractivity contribution in [3.63, 3.8) is 0 Å². The molecule has 0 spiro atoms. The maximum Gasteiger partial charge on any atom is 0.351 e. The fourth-order valence-corrected chi connectivity index (χ4v) is 4.20. The van der Waals surface area contributed by atoms with Crippen molar-refractivity contribution in [1.82, 2.24) is 20.4 Å². The highest BCUT2D eigenvalue weighted by Crippen LogP contribution is 2.30. The molecule has 1 aliphatic rings. The SMILES string of the molecule is CNC1CCN(c2cc[nH]c2C(N=CN)=Nc2ccc(Oc3cc[n+]4[nH]cnc4c3)c(C)c2)C1. The molecule has 1 atom stereocenters. The first-order valence-corrected chi connectivity index (χ1v) is 11.2. The number of aromatic nitrogens is 4. The summed E-state index contributed by atoms with van der Waals surface area (Å²) in [4.78, 5) is 19.0. The number of aromatic amines is 2. The van der Waals surface area contributed by atoms with Crippen molar-refractivity contribution in [2.24, 2.45) is 15.7 Å². The van der Waals surface area contributed by atoms with Crippen molar-refractivity contribution < 1.29 is 9.25 Å². The van der Waals surface area contributed by atoms with E-state index in [0.717, 1.165) is 53.5 Å². The van der Waals surface area contributed by atoms with Crippen LogP contribution < -0.4 is 25.2 Å². The molecule has 1 aliphatic heterocycles. The molecule has 10 heteroatoms. The van der Waals surface area contributed by atoms with E-state index in [0.29, 0.717) is 17.6 Å². The summed E-state index contributed by atoms with van der Waals surface area (Å²) in [6.45, 7) is 3.91. The first kappa shape index (κ1) is 21.7. The quantitative estimate of drug-likeness (QED) is 0.201. The topological polar surface area (TPSA) is 124 Å². The zero-order valence-corrected chi connectivity index (χ0v) is 19.2. The van der Waals surface area contributed by atoms with E-state index >= 15 is 0 Å². The van der Waals surface area contributed by atoms with Gasteiger partial charge < -0.3 is 25.7 Å². The van der Waals surface area contributed by atoms with Crippen LogP contribution in [0.4, 0.5) is 11.4 Å². The molecule has 1 aromatic carbocycles. The van der Waals surface area contributed by atoms with E-state index in [1.165, 1.54) is 6.34 Å². The number of H-pyrrole nitrogens is 2. The van der Waals surface area contributed by atoms with Gasteiger partial charge in [0.1, 0.15) is 23.4 Å². The number of aryl methyl sites for hydroxylation is 1. The molecule has 0 saturated carbocycles. The molecule has 0 aliphatic carbocycles. The highest BCUT2D eigenvalue weighted by atomic mass is 16.5. The maximum atomic E-state index is 6.09. The fourth-order valence-electron chi connectivity index (χ4n) is 4.20. The molecular weight excluding hydrogens is 430 g/mol. The summed E-state index contributed by atoms with van der Waals surface area (Å²) in [6.07, 6.45) is 7.79. The van der Waals surface area contributed by atoms with Gasteiger partial charge in [-0.1, -0.05) is 0 Å². The number of anilines is 1. The Kier molecular flexibility index (Phi) is 5.96. The Balaban J connectivity index is 1.40. The van der Waals surface area contributed by atoms with Crippen LogP contribution in [0.1, 0.15) is 17.7 Å². The van der Waals surface area contributed by atoms with Gasteiger partial charge in [-0.25, -0.2) is 9.98 Å². The van der Waals surface area contributed by atoms with Crippen LogP contribution in [0.25, 0.3) is 5.65 Å². The zero-order chi connectivity index (χ0) is 23.5. The molecule has 4 heterocycles. The van der Waals surface area contributed by atoms with E-state index in [-0.39, 0.29) is 0 Å². The predicted octanol–water partition coefficient (Wildman–Crippen LogP) is 2.44. The molecule has 0 bridgehead atoms. The normalized spacial score (nSPS) is 16.7. The minimum Gasteiger partial charge on any atom is -0.457 e. The predicted molar refractivity (Wildman–Crippen MR) is 132 cm³/mol. The van der Waals surface area contributed by atoms with E-state index < -0.39 is 0 Å². The molecule has 3 aromatic heterocycles. The minimum atomic E-state index is 0.476. The highest BCUT2D eigenvalue weighted by molar-refractivity contribution is 6.06. The molecule has 10 nitrogen and oxygen atoms in total. The average Bonchev–Trinajstić information content (AvgIpc) is 3.60. The summed E-state index contributed by atoms with van der Waals surface area (Å²) in [5.41, 5.74) is 10.1. The van der Waals surface area contributed by atoms with Crippen LogP contribution in [0, 0.1) is 6.92 Å². The molecule has 1 fully saturated rings. The molecule has 0 radical (unpaired) electrons. The van der Waals surface area contributed by atoms with Gasteiger partial charge in [-0.2, -0.15) is 5.10 Å². The Labute approximate surface area is 197 Å². The third-order valence-electron chi connectivity index (χ3n) is 6.00. The van der Waals surface area contributed by atoms with E-state index in [2.05, 4.69) is 36.3 Å². The van der Waals surface area contributed by atoms with Crippen LogP contribution >= 0.6 is 0 Å². The molecule has 5 N–H and O–H groups in total. The van der Waals surface area contributed by atoms with Crippen molar-refractivity contribution in [3.8, 4) is 11.5 Å². The van der Waals surface area contributed by atoms with Crippen LogP contribution in [-0.2, 0) is 0 Å². The lowest BCUT2D eigenvalue weighted by atomic mass is 10.2.